The van der Waals surface area contributed by atoms with Crippen LogP contribution in [0, 0.1) is 0 Å². The highest BCUT2D eigenvalue weighted by Gasteiger charge is 2.21. The number of carbonyl (C=O) groups excluding carboxylic acids is 1. The van der Waals surface area contributed by atoms with Gasteiger partial charge in [-0.15, -0.1) is 0 Å². The van der Waals surface area contributed by atoms with E-state index in [4.69, 9.17) is 11.6 Å². The summed E-state index contributed by atoms with van der Waals surface area (Å²) in [5.74, 6) is 0. The molecule has 1 rings (SSSR count). The molecular weight excluding hydrogens is 150 g/mol. The molecule has 0 aromatic heterocycles. The Morgan fingerprint density at radius 3 is 2.40 bits per heavy atom. The van der Waals surface area contributed by atoms with E-state index < -0.39 is 0 Å². The van der Waals surface area contributed by atoms with Gasteiger partial charge in [0.15, 0.2) is 0 Å². The maximum absolute atomic E-state index is 10.7. The first kappa shape index (κ1) is 8.02. The molecule has 0 radical (unpaired) electrons. The standard InChI is InChI=1S/C7H12ClNO/c1-6(7(8)10)9-4-2-3-5-9/h6H,2-5H2,1H3. The third kappa shape index (κ3) is 1.70. The minimum atomic E-state index is -0.234. The van der Waals surface area contributed by atoms with Gasteiger partial charge in [0.05, 0.1) is 6.04 Å². The molecule has 0 aliphatic carbocycles. The fourth-order valence-corrected chi connectivity index (χ4v) is 1.41. The predicted octanol–water partition coefficient (Wildman–Crippen LogP) is 1.24. The first-order chi connectivity index (χ1) is 4.72. The number of rotatable bonds is 2. The van der Waals surface area contributed by atoms with Crippen LogP contribution in [0.3, 0.4) is 0 Å². The summed E-state index contributed by atoms with van der Waals surface area (Å²) in [7, 11) is 0. The number of hydrogen-bond acceptors (Lipinski definition) is 2. The molecule has 10 heavy (non-hydrogen) atoms. The van der Waals surface area contributed by atoms with Crippen LogP contribution in [-0.4, -0.2) is 29.3 Å². The Morgan fingerprint density at radius 1 is 1.50 bits per heavy atom. The molecule has 0 aromatic carbocycles. The zero-order valence-electron chi connectivity index (χ0n) is 6.14. The lowest BCUT2D eigenvalue weighted by Gasteiger charge is -2.19. The molecular formula is C7H12ClNO. The van der Waals surface area contributed by atoms with Gasteiger partial charge < -0.3 is 0 Å². The van der Waals surface area contributed by atoms with E-state index in [1.807, 2.05) is 6.92 Å². The topological polar surface area (TPSA) is 20.3 Å². The monoisotopic (exact) mass is 161 g/mol. The highest BCUT2D eigenvalue weighted by molar-refractivity contribution is 6.64. The van der Waals surface area contributed by atoms with E-state index in [1.54, 1.807) is 0 Å². The van der Waals surface area contributed by atoms with Gasteiger partial charge in [-0.3, -0.25) is 9.69 Å². The van der Waals surface area contributed by atoms with Gasteiger partial charge in [-0.05, 0) is 44.5 Å². The molecule has 0 bridgehead atoms. The Labute approximate surface area is 66.1 Å². The average Bonchev–Trinajstić information content (AvgIpc) is 2.36. The lowest BCUT2D eigenvalue weighted by atomic mass is 10.3. The van der Waals surface area contributed by atoms with Gasteiger partial charge in [-0.2, -0.15) is 0 Å². The molecule has 1 saturated heterocycles. The van der Waals surface area contributed by atoms with E-state index in [1.165, 1.54) is 12.8 Å². The fraction of sp³-hybridized carbons (Fsp3) is 0.857. The quantitative estimate of drug-likeness (QED) is 0.568. The van der Waals surface area contributed by atoms with Crippen LogP contribution in [0.4, 0.5) is 0 Å². The molecule has 0 saturated carbocycles. The summed E-state index contributed by atoms with van der Waals surface area (Å²) in [4.78, 5) is 12.8. The maximum Gasteiger partial charge on any atom is 0.238 e. The van der Waals surface area contributed by atoms with E-state index in [2.05, 4.69) is 4.90 Å². The molecule has 1 fully saturated rings. The highest BCUT2D eigenvalue weighted by atomic mass is 35.5. The normalized spacial score (nSPS) is 23.0. The molecule has 58 valence electrons. The van der Waals surface area contributed by atoms with Crippen LogP contribution in [0.5, 0.6) is 0 Å². The van der Waals surface area contributed by atoms with E-state index in [0.717, 1.165) is 13.1 Å². The Bertz CT molecular complexity index is 132. The van der Waals surface area contributed by atoms with Crippen molar-refractivity contribution in [2.75, 3.05) is 13.1 Å². The van der Waals surface area contributed by atoms with Crippen LogP contribution < -0.4 is 0 Å². The molecule has 1 heterocycles. The molecule has 0 N–H and O–H groups in total. The zero-order chi connectivity index (χ0) is 7.56. The van der Waals surface area contributed by atoms with E-state index >= 15 is 0 Å². The van der Waals surface area contributed by atoms with Gasteiger partial charge in [0, 0.05) is 0 Å². The molecule has 2 nitrogen and oxygen atoms in total. The van der Waals surface area contributed by atoms with Crippen molar-refractivity contribution in [3.8, 4) is 0 Å². The number of carbonyl (C=O) groups is 1. The van der Waals surface area contributed by atoms with E-state index in [9.17, 15) is 4.79 Å². The number of halogens is 1. The second-order valence-electron chi connectivity index (χ2n) is 2.72. The largest absolute Gasteiger partial charge is 0.293 e. The van der Waals surface area contributed by atoms with Gasteiger partial charge in [-0.25, -0.2) is 0 Å². The molecule has 0 aromatic rings. The second kappa shape index (κ2) is 3.35. The molecule has 0 spiro atoms. The summed E-state index contributed by atoms with van der Waals surface area (Å²) in [6.07, 6.45) is 2.41. The van der Waals surface area contributed by atoms with Gasteiger partial charge in [0.25, 0.3) is 0 Å². The van der Waals surface area contributed by atoms with Crippen LogP contribution in [0.2, 0.25) is 0 Å². The van der Waals surface area contributed by atoms with Crippen molar-refractivity contribution in [3.63, 3.8) is 0 Å². The molecule has 1 aliphatic heterocycles. The SMILES string of the molecule is CC(C(=O)Cl)N1CCCC1. The summed E-state index contributed by atoms with van der Waals surface area (Å²) in [6, 6.07) is -0.0795. The van der Waals surface area contributed by atoms with Gasteiger partial charge in [0.2, 0.25) is 5.24 Å². The van der Waals surface area contributed by atoms with E-state index in [-0.39, 0.29) is 11.3 Å². The smallest absolute Gasteiger partial charge is 0.238 e. The third-order valence-corrected chi connectivity index (χ3v) is 2.33. The second-order valence-corrected chi connectivity index (χ2v) is 3.10. The lowest BCUT2D eigenvalue weighted by molar-refractivity contribution is -0.115. The summed E-state index contributed by atoms with van der Waals surface area (Å²) >= 11 is 5.33. The molecule has 1 atom stereocenters. The van der Waals surface area contributed by atoms with Crippen LogP contribution in [0.1, 0.15) is 19.8 Å². The third-order valence-electron chi connectivity index (χ3n) is 2.02. The van der Waals surface area contributed by atoms with Crippen LogP contribution in [0.25, 0.3) is 0 Å². The van der Waals surface area contributed by atoms with E-state index in [0.29, 0.717) is 0 Å². The molecule has 1 unspecified atom stereocenters. The fourth-order valence-electron chi connectivity index (χ4n) is 1.27. The van der Waals surface area contributed by atoms with Gasteiger partial charge in [0.1, 0.15) is 0 Å². The minimum Gasteiger partial charge on any atom is -0.293 e. The van der Waals surface area contributed by atoms with Gasteiger partial charge >= 0.3 is 0 Å². The zero-order valence-corrected chi connectivity index (χ0v) is 6.90. The van der Waals surface area contributed by atoms with Crippen molar-refractivity contribution in [2.45, 2.75) is 25.8 Å². The average molecular weight is 162 g/mol. The number of nitrogens with zero attached hydrogens (tertiary/aromatic N) is 1. The predicted molar refractivity (Wildman–Crippen MR) is 41.1 cm³/mol. The highest BCUT2D eigenvalue weighted by Crippen LogP contribution is 2.12. The van der Waals surface area contributed by atoms with Crippen molar-refractivity contribution >= 4 is 16.8 Å². The first-order valence-electron chi connectivity index (χ1n) is 3.65. The van der Waals surface area contributed by atoms with Gasteiger partial charge in [-0.1, -0.05) is 0 Å². The van der Waals surface area contributed by atoms with Crippen LogP contribution in [0.15, 0.2) is 0 Å². The Hall–Kier alpha value is -0.0800. The summed E-state index contributed by atoms with van der Waals surface area (Å²) < 4.78 is 0. The summed E-state index contributed by atoms with van der Waals surface area (Å²) in [5, 5.41) is -0.234. The Balaban J connectivity index is 2.39. The summed E-state index contributed by atoms with van der Waals surface area (Å²) in [6.45, 7) is 3.92. The first-order valence-corrected chi connectivity index (χ1v) is 4.03. The molecule has 1 aliphatic rings. The Kier molecular flexibility index (Phi) is 2.69. The number of hydrogen-bond donors (Lipinski definition) is 0. The van der Waals surface area contributed by atoms with Crippen molar-refractivity contribution in [3.05, 3.63) is 0 Å². The van der Waals surface area contributed by atoms with Crippen molar-refractivity contribution in [2.24, 2.45) is 0 Å². The summed E-state index contributed by atoms with van der Waals surface area (Å²) in [5.41, 5.74) is 0. The molecule has 0 amide bonds. The number of likely N-dealkylation sites (tertiary alicyclic amines) is 1. The van der Waals surface area contributed by atoms with Crippen molar-refractivity contribution in [1.29, 1.82) is 0 Å². The Morgan fingerprint density at radius 2 is 2.00 bits per heavy atom. The lowest BCUT2D eigenvalue weighted by Crippen LogP contribution is -2.34. The maximum atomic E-state index is 10.7. The molecule has 3 heteroatoms. The minimum absolute atomic E-state index is 0.0795. The van der Waals surface area contributed by atoms with Crippen molar-refractivity contribution < 1.29 is 4.79 Å². The van der Waals surface area contributed by atoms with Crippen LogP contribution >= 0.6 is 11.6 Å². The van der Waals surface area contributed by atoms with Crippen LogP contribution in [-0.2, 0) is 4.79 Å². The van der Waals surface area contributed by atoms with Crippen molar-refractivity contribution in [1.82, 2.24) is 4.90 Å².